The monoisotopic (exact) mass is 196 g/mol. The molecule has 13 heavy (non-hydrogen) atoms. The van der Waals surface area contributed by atoms with Gasteiger partial charge in [0.15, 0.2) is 0 Å². The van der Waals surface area contributed by atoms with E-state index in [0.29, 0.717) is 6.04 Å². The number of hydrogen-bond donors (Lipinski definition) is 1. The molecule has 1 aromatic heterocycles. The summed E-state index contributed by atoms with van der Waals surface area (Å²) in [6.45, 7) is 2.21. The minimum Gasteiger partial charge on any atom is -0.305 e. The van der Waals surface area contributed by atoms with Crippen molar-refractivity contribution in [1.29, 1.82) is 0 Å². The quantitative estimate of drug-likeness (QED) is 0.804. The standard InChI is InChI=1S/C10H16N2S/c1-8(10-11-6-7-13-10)12-9-4-2-3-5-9/h6-9,12H,2-5H2,1H3/t8-/m0/s1. The predicted octanol–water partition coefficient (Wildman–Crippen LogP) is 2.74. The van der Waals surface area contributed by atoms with Crippen molar-refractivity contribution in [1.82, 2.24) is 10.3 Å². The average Bonchev–Trinajstić information content (AvgIpc) is 2.74. The second-order valence-corrected chi connectivity index (χ2v) is 4.67. The van der Waals surface area contributed by atoms with Gasteiger partial charge in [0, 0.05) is 17.6 Å². The molecule has 1 saturated carbocycles. The zero-order valence-electron chi connectivity index (χ0n) is 7.99. The summed E-state index contributed by atoms with van der Waals surface area (Å²) in [5, 5.41) is 6.89. The highest BCUT2D eigenvalue weighted by atomic mass is 32.1. The molecule has 0 bridgehead atoms. The molecule has 1 aromatic rings. The van der Waals surface area contributed by atoms with Crippen LogP contribution in [0.1, 0.15) is 43.7 Å². The van der Waals surface area contributed by atoms with Crippen molar-refractivity contribution in [2.45, 2.75) is 44.7 Å². The van der Waals surface area contributed by atoms with Crippen LogP contribution in [-0.4, -0.2) is 11.0 Å². The normalized spacial score (nSPS) is 20.7. The molecule has 0 radical (unpaired) electrons. The fourth-order valence-corrected chi connectivity index (χ4v) is 2.62. The van der Waals surface area contributed by atoms with E-state index < -0.39 is 0 Å². The van der Waals surface area contributed by atoms with Crippen LogP contribution in [0, 0.1) is 0 Å². The molecule has 72 valence electrons. The Morgan fingerprint density at radius 2 is 2.31 bits per heavy atom. The lowest BCUT2D eigenvalue weighted by atomic mass is 10.2. The molecule has 1 heterocycles. The van der Waals surface area contributed by atoms with Crippen molar-refractivity contribution in [3.05, 3.63) is 16.6 Å². The summed E-state index contributed by atoms with van der Waals surface area (Å²) >= 11 is 1.74. The van der Waals surface area contributed by atoms with Gasteiger partial charge in [-0.3, -0.25) is 0 Å². The Morgan fingerprint density at radius 1 is 1.54 bits per heavy atom. The largest absolute Gasteiger partial charge is 0.305 e. The first-order valence-electron chi connectivity index (χ1n) is 5.01. The van der Waals surface area contributed by atoms with Gasteiger partial charge in [-0.05, 0) is 19.8 Å². The van der Waals surface area contributed by atoms with E-state index in [9.17, 15) is 0 Å². The van der Waals surface area contributed by atoms with Crippen LogP contribution in [0.5, 0.6) is 0 Å². The molecule has 1 aliphatic carbocycles. The lowest BCUT2D eigenvalue weighted by Crippen LogP contribution is -2.28. The Hall–Kier alpha value is -0.410. The summed E-state index contributed by atoms with van der Waals surface area (Å²) in [5.74, 6) is 0. The first kappa shape index (κ1) is 9.16. The Labute approximate surface area is 83.4 Å². The Bertz CT molecular complexity index is 239. The van der Waals surface area contributed by atoms with Crippen LogP contribution in [0.15, 0.2) is 11.6 Å². The number of thiazole rings is 1. The minimum atomic E-state index is 0.433. The zero-order chi connectivity index (χ0) is 9.10. The molecule has 1 atom stereocenters. The Morgan fingerprint density at radius 3 is 2.92 bits per heavy atom. The lowest BCUT2D eigenvalue weighted by Gasteiger charge is -2.16. The third-order valence-electron chi connectivity index (χ3n) is 2.66. The van der Waals surface area contributed by atoms with E-state index >= 15 is 0 Å². The second-order valence-electron chi connectivity index (χ2n) is 3.74. The fourth-order valence-electron chi connectivity index (χ4n) is 1.97. The molecule has 0 saturated heterocycles. The molecule has 2 rings (SSSR count). The number of rotatable bonds is 3. The highest BCUT2D eigenvalue weighted by molar-refractivity contribution is 7.09. The first-order chi connectivity index (χ1) is 6.36. The fraction of sp³-hybridized carbons (Fsp3) is 0.700. The van der Waals surface area contributed by atoms with E-state index in [-0.39, 0.29) is 0 Å². The lowest BCUT2D eigenvalue weighted by molar-refractivity contribution is 0.460. The van der Waals surface area contributed by atoms with E-state index in [0.717, 1.165) is 6.04 Å². The number of nitrogens with one attached hydrogen (secondary N) is 1. The van der Waals surface area contributed by atoms with Crippen molar-refractivity contribution >= 4 is 11.3 Å². The van der Waals surface area contributed by atoms with Gasteiger partial charge in [0.25, 0.3) is 0 Å². The van der Waals surface area contributed by atoms with E-state index in [1.807, 2.05) is 11.6 Å². The van der Waals surface area contributed by atoms with E-state index in [2.05, 4.69) is 17.2 Å². The minimum absolute atomic E-state index is 0.433. The van der Waals surface area contributed by atoms with Gasteiger partial charge >= 0.3 is 0 Å². The second kappa shape index (κ2) is 4.20. The van der Waals surface area contributed by atoms with Crippen molar-refractivity contribution in [2.24, 2.45) is 0 Å². The van der Waals surface area contributed by atoms with E-state index in [4.69, 9.17) is 0 Å². The van der Waals surface area contributed by atoms with Crippen LogP contribution in [0.2, 0.25) is 0 Å². The number of nitrogens with zero attached hydrogens (tertiary/aromatic N) is 1. The molecule has 1 fully saturated rings. The van der Waals surface area contributed by atoms with Gasteiger partial charge in [0.05, 0.1) is 6.04 Å². The molecule has 0 amide bonds. The van der Waals surface area contributed by atoms with Gasteiger partial charge in [-0.1, -0.05) is 12.8 Å². The zero-order valence-corrected chi connectivity index (χ0v) is 8.81. The summed E-state index contributed by atoms with van der Waals surface area (Å²) in [4.78, 5) is 4.31. The summed E-state index contributed by atoms with van der Waals surface area (Å²) in [6.07, 6.45) is 7.35. The van der Waals surface area contributed by atoms with Gasteiger partial charge in [-0.25, -0.2) is 4.98 Å². The van der Waals surface area contributed by atoms with Crippen LogP contribution in [0.3, 0.4) is 0 Å². The third kappa shape index (κ3) is 2.29. The maximum absolute atomic E-state index is 4.31. The molecule has 0 unspecified atom stereocenters. The molecule has 3 heteroatoms. The van der Waals surface area contributed by atoms with E-state index in [1.54, 1.807) is 11.3 Å². The summed E-state index contributed by atoms with van der Waals surface area (Å²) in [6, 6.07) is 1.17. The van der Waals surface area contributed by atoms with Crippen molar-refractivity contribution in [3.8, 4) is 0 Å². The first-order valence-corrected chi connectivity index (χ1v) is 5.89. The topological polar surface area (TPSA) is 24.9 Å². The van der Waals surface area contributed by atoms with E-state index in [1.165, 1.54) is 30.7 Å². The van der Waals surface area contributed by atoms with Gasteiger partial charge in [0.2, 0.25) is 0 Å². The van der Waals surface area contributed by atoms with Crippen LogP contribution in [-0.2, 0) is 0 Å². The molecule has 1 N–H and O–H groups in total. The summed E-state index contributed by atoms with van der Waals surface area (Å²) in [7, 11) is 0. The van der Waals surface area contributed by atoms with Gasteiger partial charge in [0.1, 0.15) is 5.01 Å². The molecule has 0 spiro atoms. The SMILES string of the molecule is C[C@H](NC1CCCC1)c1nccs1. The Kier molecular flexibility index (Phi) is 2.96. The van der Waals surface area contributed by atoms with Crippen LogP contribution in [0.4, 0.5) is 0 Å². The summed E-state index contributed by atoms with van der Waals surface area (Å²) < 4.78 is 0. The number of hydrogen-bond acceptors (Lipinski definition) is 3. The predicted molar refractivity (Wildman–Crippen MR) is 55.9 cm³/mol. The molecular weight excluding hydrogens is 180 g/mol. The number of aromatic nitrogens is 1. The van der Waals surface area contributed by atoms with Crippen LogP contribution < -0.4 is 5.32 Å². The summed E-state index contributed by atoms with van der Waals surface area (Å²) in [5.41, 5.74) is 0. The third-order valence-corrected chi connectivity index (χ3v) is 3.62. The highest BCUT2D eigenvalue weighted by Crippen LogP contribution is 2.22. The smallest absolute Gasteiger partial charge is 0.109 e. The van der Waals surface area contributed by atoms with Gasteiger partial charge < -0.3 is 5.32 Å². The Balaban J connectivity index is 1.87. The molecule has 0 aromatic carbocycles. The molecule has 2 nitrogen and oxygen atoms in total. The van der Waals surface area contributed by atoms with Crippen molar-refractivity contribution < 1.29 is 0 Å². The van der Waals surface area contributed by atoms with Crippen molar-refractivity contribution in [3.63, 3.8) is 0 Å². The molecular formula is C10H16N2S. The van der Waals surface area contributed by atoms with Crippen LogP contribution in [0.25, 0.3) is 0 Å². The maximum Gasteiger partial charge on any atom is 0.109 e. The highest BCUT2D eigenvalue weighted by Gasteiger charge is 2.18. The molecule has 1 aliphatic rings. The maximum atomic E-state index is 4.31. The van der Waals surface area contributed by atoms with Crippen molar-refractivity contribution in [2.75, 3.05) is 0 Å². The molecule has 0 aliphatic heterocycles. The van der Waals surface area contributed by atoms with Gasteiger partial charge in [-0.15, -0.1) is 11.3 Å². The van der Waals surface area contributed by atoms with Gasteiger partial charge in [-0.2, -0.15) is 0 Å². The van der Waals surface area contributed by atoms with Crippen LogP contribution >= 0.6 is 11.3 Å². The average molecular weight is 196 g/mol.